The van der Waals surface area contributed by atoms with Crippen molar-refractivity contribution in [3.05, 3.63) is 0 Å². The van der Waals surface area contributed by atoms with Gasteiger partial charge in [0.25, 0.3) is 0 Å². The van der Waals surface area contributed by atoms with Crippen molar-refractivity contribution in [3.8, 4) is 0 Å². The van der Waals surface area contributed by atoms with Gasteiger partial charge in [0.05, 0.1) is 0 Å². The van der Waals surface area contributed by atoms with E-state index in [0.717, 1.165) is 38.6 Å². The second-order valence-corrected chi connectivity index (χ2v) is 6.50. The smallest absolute Gasteiger partial charge is 0.220 e. The Kier molecular flexibility index (Phi) is 6.80. The number of carbonyl (C=O) groups excluding carboxylic acids is 1. The predicted molar refractivity (Wildman–Crippen MR) is 82.7 cm³/mol. The largest absolute Gasteiger partial charge is 0.356 e. The minimum Gasteiger partial charge on any atom is -0.356 e. The van der Waals surface area contributed by atoms with E-state index in [0.29, 0.717) is 12.3 Å². The van der Waals surface area contributed by atoms with Gasteiger partial charge in [0.2, 0.25) is 5.91 Å². The molecule has 116 valence electrons. The van der Waals surface area contributed by atoms with Crippen molar-refractivity contribution >= 4 is 5.91 Å². The normalized spacial score (nSPS) is 28.2. The first kappa shape index (κ1) is 15.8. The highest BCUT2D eigenvalue weighted by Crippen LogP contribution is 2.16. The number of carbonyl (C=O) groups is 1. The molecule has 4 nitrogen and oxygen atoms in total. The van der Waals surface area contributed by atoms with E-state index in [2.05, 4.69) is 22.5 Å². The Bertz CT molecular complexity index is 289. The molecule has 2 aliphatic rings. The maximum Gasteiger partial charge on any atom is 0.220 e. The molecule has 20 heavy (non-hydrogen) atoms. The monoisotopic (exact) mass is 281 g/mol. The molecule has 2 saturated heterocycles. The summed E-state index contributed by atoms with van der Waals surface area (Å²) in [6.07, 6.45) is 8.25. The highest BCUT2D eigenvalue weighted by atomic mass is 16.1. The fourth-order valence-electron chi connectivity index (χ4n) is 3.43. The van der Waals surface area contributed by atoms with E-state index in [1.165, 1.54) is 38.6 Å². The Balaban J connectivity index is 1.52. The molecule has 0 bridgehead atoms. The van der Waals surface area contributed by atoms with E-state index in [1.807, 2.05) is 0 Å². The zero-order chi connectivity index (χ0) is 14.2. The predicted octanol–water partition coefficient (Wildman–Crippen LogP) is 1.76. The summed E-state index contributed by atoms with van der Waals surface area (Å²) < 4.78 is 0. The first-order chi connectivity index (χ1) is 9.75. The van der Waals surface area contributed by atoms with Gasteiger partial charge in [0.15, 0.2) is 0 Å². The molecular formula is C16H31N3O. The molecule has 0 aromatic rings. The first-order valence-electron chi connectivity index (χ1n) is 8.47. The van der Waals surface area contributed by atoms with Gasteiger partial charge in [0.1, 0.15) is 0 Å². The second-order valence-electron chi connectivity index (χ2n) is 6.50. The van der Waals surface area contributed by atoms with Crippen LogP contribution in [0.15, 0.2) is 0 Å². The third-order valence-electron chi connectivity index (χ3n) is 4.76. The van der Waals surface area contributed by atoms with Gasteiger partial charge >= 0.3 is 0 Å². The molecule has 4 heteroatoms. The number of likely N-dealkylation sites (tertiary alicyclic amines) is 1. The summed E-state index contributed by atoms with van der Waals surface area (Å²) in [6, 6.07) is 0.729. The number of hydrogen-bond acceptors (Lipinski definition) is 3. The van der Waals surface area contributed by atoms with Gasteiger partial charge in [-0.15, -0.1) is 0 Å². The standard InChI is InChI=1S/C16H31N3O/c1-14-6-2-3-10-19(14)11-5-9-18-16(20)12-15-7-4-8-17-13-15/h14-15,17H,2-13H2,1H3,(H,18,20). The highest BCUT2D eigenvalue weighted by molar-refractivity contribution is 5.76. The van der Waals surface area contributed by atoms with E-state index in [1.54, 1.807) is 0 Å². The van der Waals surface area contributed by atoms with Crippen LogP contribution in [0, 0.1) is 5.92 Å². The van der Waals surface area contributed by atoms with Gasteiger partial charge in [-0.1, -0.05) is 6.42 Å². The molecule has 0 aromatic carbocycles. The summed E-state index contributed by atoms with van der Waals surface area (Å²) in [5, 5.41) is 6.46. The molecule has 2 heterocycles. The fraction of sp³-hybridized carbons (Fsp3) is 0.938. The Labute approximate surface area is 123 Å². The van der Waals surface area contributed by atoms with Crippen molar-refractivity contribution in [2.75, 3.05) is 32.7 Å². The van der Waals surface area contributed by atoms with Crippen LogP contribution in [0.4, 0.5) is 0 Å². The summed E-state index contributed by atoms with van der Waals surface area (Å²) >= 11 is 0. The maximum absolute atomic E-state index is 11.9. The zero-order valence-electron chi connectivity index (χ0n) is 13.0. The number of piperidine rings is 2. The molecule has 2 rings (SSSR count). The Morgan fingerprint density at radius 1 is 1.30 bits per heavy atom. The van der Waals surface area contributed by atoms with Crippen LogP contribution in [0.3, 0.4) is 0 Å². The van der Waals surface area contributed by atoms with Gasteiger partial charge in [-0.25, -0.2) is 0 Å². The first-order valence-corrected chi connectivity index (χ1v) is 8.47. The van der Waals surface area contributed by atoms with Crippen LogP contribution in [0.2, 0.25) is 0 Å². The Morgan fingerprint density at radius 2 is 2.20 bits per heavy atom. The SMILES string of the molecule is CC1CCCCN1CCCNC(=O)CC1CCCNC1. The number of hydrogen-bond donors (Lipinski definition) is 2. The third-order valence-corrected chi connectivity index (χ3v) is 4.76. The third kappa shape index (κ3) is 5.41. The Hall–Kier alpha value is -0.610. The van der Waals surface area contributed by atoms with E-state index >= 15 is 0 Å². The summed E-state index contributed by atoms with van der Waals surface area (Å²) in [4.78, 5) is 14.4. The van der Waals surface area contributed by atoms with E-state index in [-0.39, 0.29) is 5.91 Å². The van der Waals surface area contributed by atoms with Crippen LogP contribution < -0.4 is 10.6 Å². The van der Waals surface area contributed by atoms with Crippen molar-refractivity contribution < 1.29 is 4.79 Å². The van der Waals surface area contributed by atoms with Crippen LogP contribution >= 0.6 is 0 Å². The van der Waals surface area contributed by atoms with E-state index in [9.17, 15) is 4.79 Å². The van der Waals surface area contributed by atoms with Gasteiger partial charge in [-0.3, -0.25) is 4.79 Å². The maximum atomic E-state index is 11.9. The van der Waals surface area contributed by atoms with E-state index < -0.39 is 0 Å². The lowest BCUT2D eigenvalue weighted by molar-refractivity contribution is -0.122. The van der Waals surface area contributed by atoms with Gasteiger partial charge in [0, 0.05) is 25.6 Å². The number of amides is 1. The van der Waals surface area contributed by atoms with Crippen molar-refractivity contribution in [1.82, 2.24) is 15.5 Å². The van der Waals surface area contributed by atoms with Crippen LogP contribution in [0.25, 0.3) is 0 Å². The molecule has 2 aliphatic heterocycles. The summed E-state index contributed by atoms with van der Waals surface area (Å²) in [6.45, 7) is 7.66. The van der Waals surface area contributed by atoms with Gasteiger partial charge < -0.3 is 15.5 Å². The summed E-state index contributed by atoms with van der Waals surface area (Å²) in [5.41, 5.74) is 0. The van der Waals surface area contributed by atoms with Crippen LogP contribution in [0.5, 0.6) is 0 Å². The minimum absolute atomic E-state index is 0.241. The molecule has 0 radical (unpaired) electrons. The minimum atomic E-state index is 0.241. The topological polar surface area (TPSA) is 44.4 Å². The number of nitrogens with zero attached hydrogens (tertiary/aromatic N) is 1. The molecule has 0 aromatic heterocycles. The van der Waals surface area contributed by atoms with Crippen LogP contribution in [-0.2, 0) is 4.79 Å². The molecule has 2 N–H and O–H groups in total. The second kappa shape index (κ2) is 8.63. The Morgan fingerprint density at radius 3 is 2.95 bits per heavy atom. The molecule has 0 aliphatic carbocycles. The van der Waals surface area contributed by atoms with Crippen molar-refractivity contribution in [2.24, 2.45) is 5.92 Å². The van der Waals surface area contributed by atoms with Crippen molar-refractivity contribution in [3.63, 3.8) is 0 Å². The summed E-state index contributed by atoms with van der Waals surface area (Å²) in [7, 11) is 0. The molecule has 2 atom stereocenters. The van der Waals surface area contributed by atoms with E-state index in [4.69, 9.17) is 0 Å². The lowest BCUT2D eigenvalue weighted by Gasteiger charge is -2.33. The molecule has 2 fully saturated rings. The number of nitrogens with one attached hydrogen (secondary N) is 2. The molecular weight excluding hydrogens is 250 g/mol. The van der Waals surface area contributed by atoms with Crippen molar-refractivity contribution in [1.29, 1.82) is 0 Å². The molecule has 0 saturated carbocycles. The average Bonchev–Trinajstić information content (AvgIpc) is 2.46. The zero-order valence-corrected chi connectivity index (χ0v) is 13.0. The fourth-order valence-corrected chi connectivity index (χ4v) is 3.43. The molecule has 0 spiro atoms. The number of rotatable bonds is 6. The lowest BCUT2D eigenvalue weighted by atomic mass is 9.96. The quantitative estimate of drug-likeness (QED) is 0.729. The summed E-state index contributed by atoms with van der Waals surface area (Å²) in [5.74, 6) is 0.788. The van der Waals surface area contributed by atoms with Crippen LogP contribution in [-0.4, -0.2) is 49.6 Å². The van der Waals surface area contributed by atoms with Crippen LogP contribution in [0.1, 0.15) is 51.9 Å². The molecule has 1 amide bonds. The van der Waals surface area contributed by atoms with Gasteiger partial charge in [-0.2, -0.15) is 0 Å². The lowest BCUT2D eigenvalue weighted by Crippen LogP contribution is -2.39. The van der Waals surface area contributed by atoms with Gasteiger partial charge in [-0.05, 0) is 64.6 Å². The molecule has 2 unspecified atom stereocenters. The highest BCUT2D eigenvalue weighted by Gasteiger charge is 2.18. The van der Waals surface area contributed by atoms with Crippen molar-refractivity contribution in [2.45, 2.75) is 57.9 Å². The average molecular weight is 281 g/mol.